The quantitative estimate of drug-likeness (QED) is 0.683. The monoisotopic (exact) mass is 366 g/mol. The van der Waals surface area contributed by atoms with Crippen molar-refractivity contribution in [2.75, 3.05) is 7.11 Å². The molecular formula is C18H29F2NaO2Si. The fourth-order valence-corrected chi connectivity index (χ4v) is 4.24. The summed E-state index contributed by atoms with van der Waals surface area (Å²) in [6.45, 7) is 11.1. The number of benzene rings is 1. The Morgan fingerprint density at radius 2 is 1.83 bits per heavy atom. The molecule has 1 aliphatic carbocycles. The fourth-order valence-electron chi connectivity index (χ4n) is 2.93. The van der Waals surface area contributed by atoms with E-state index in [0.29, 0.717) is 5.56 Å². The predicted octanol–water partition coefficient (Wildman–Crippen LogP) is 5.00. The molecule has 2 atom stereocenters. The van der Waals surface area contributed by atoms with Gasteiger partial charge in [0.1, 0.15) is 6.10 Å². The second-order valence-electron chi connectivity index (χ2n) is 7.81. The van der Waals surface area contributed by atoms with Gasteiger partial charge in [-0.2, -0.15) is 0 Å². The standard InChI is InChI=1S/C18H28F2O2Si.Na.H/c1-18(2,3)23(5,6)22-15-11-10-12-13(15)8-7-9-14(12)16(21-4)17(19)20;;/h7-9,15-17H,10-11H2,1-6H3;;. The summed E-state index contributed by atoms with van der Waals surface area (Å²) in [6, 6.07) is 5.62. The van der Waals surface area contributed by atoms with Crippen molar-refractivity contribution in [3.63, 3.8) is 0 Å². The Labute approximate surface area is 167 Å². The molecule has 0 amide bonds. The maximum absolute atomic E-state index is 13.2. The SMILES string of the molecule is COC(c1cccc2c1CCC2O[Si](C)(C)C(C)(C)C)C(F)F.[NaH]. The van der Waals surface area contributed by atoms with Gasteiger partial charge in [-0.15, -0.1) is 0 Å². The first kappa shape index (κ1) is 22.3. The van der Waals surface area contributed by atoms with Crippen molar-refractivity contribution in [1.29, 1.82) is 0 Å². The van der Waals surface area contributed by atoms with Crippen LogP contribution in [0, 0.1) is 0 Å². The van der Waals surface area contributed by atoms with E-state index in [-0.39, 0.29) is 40.7 Å². The Morgan fingerprint density at radius 3 is 2.33 bits per heavy atom. The number of hydrogen-bond acceptors (Lipinski definition) is 2. The summed E-state index contributed by atoms with van der Waals surface area (Å²) >= 11 is 0. The Morgan fingerprint density at radius 1 is 1.21 bits per heavy atom. The molecule has 0 heterocycles. The Balaban J connectivity index is 0.00000288. The summed E-state index contributed by atoms with van der Waals surface area (Å²) in [6.07, 6.45) is -2.03. The summed E-state index contributed by atoms with van der Waals surface area (Å²) in [5.74, 6) is 0. The number of halogens is 2. The van der Waals surface area contributed by atoms with Gasteiger partial charge < -0.3 is 9.16 Å². The topological polar surface area (TPSA) is 18.5 Å². The predicted molar refractivity (Wildman–Crippen MR) is 98.7 cm³/mol. The minimum absolute atomic E-state index is 0. The van der Waals surface area contributed by atoms with E-state index in [1.54, 1.807) is 6.07 Å². The van der Waals surface area contributed by atoms with E-state index in [1.807, 2.05) is 12.1 Å². The van der Waals surface area contributed by atoms with Crippen molar-refractivity contribution < 1.29 is 17.9 Å². The molecule has 0 saturated heterocycles. The molecule has 24 heavy (non-hydrogen) atoms. The third-order valence-corrected chi connectivity index (χ3v) is 9.77. The first-order chi connectivity index (χ1) is 10.6. The van der Waals surface area contributed by atoms with Crippen molar-refractivity contribution in [2.45, 2.75) is 70.4 Å². The molecule has 1 aromatic rings. The van der Waals surface area contributed by atoms with Crippen LogP contribution in [-0.4, -0.2) is 51.4 Å². The third kappa shape index (κ3) is 4.49. The molecule has 0 aliphatic heterocycles. The fraction of sp³-hybridized carbons (Fsp3) is 0.667. The zero-order chi connectivity index (χ0) is 17.4. The van der Waals surface area contributed by atoms with Gasteiger partial charge in [0, 0.05) is 7.11 Å². The Hall–Kier alpha value is 0.217. The normalized spacial score (nSPS) is 19.1. The first-order valence-electron chi connectivity index (χ1n) is 8.19. The third-order valence-electron chi connectivity index (χ3n) is 5.28. The van der Waals surface area contributed by atoms with E-state index in [9.17, 15) is 8.78 Å². The van der Waals surface area contributed by atoms with Crippen LogP contribution >= 0.6 is 0 Å². The number of hydrogen-bond donors (Lipinski definition) is 0. The molecule has 2 unspecified atom stereocenters. The molecule has 0 radical (unpaired) electrons. The molecular weight excluding hydrogens is 337 g/mol. The molecule has 0 aromatic heterocycles. The average Bonchev–Trinajstić information content (AvgIpc) is 2.81. The first-order valence-corrected chi connectivity index (χ1v) is 11.1. The number of rotatable bonds is 5. The van der Waals surface area contributed by atoms with Crippen molar-refractivity contribution in [2.24, 2.45) is 0 Å². The van der Waals surface area contributed by atoms with Crippen LogP contribution < -0.4 is 0 Å². The van der Waals surface area contributed by atoms with Gasteiger partial charge in [0.2, 0.25) is 0 Å². The summed E-state index contributed by atoms with van der Waals surface area (Å²) in [5.41, 5.74) is 2.67. The van der Waals surface area contributed by atoms with Gasteiger partial charge in [-0.05, 0) is 47.7 Å². The second kappa shape index (κ2) is 8.27. The van der Waals surface area contributed by atoms with Gasteiger partial charge >= 0.3 is 29.6 Å². The zero-order valence-electron chi connectivity index (χ0n) is 15.0. The van der Waals surface area contributed by atoms with E-state index in [2.05, 4.69) is 33.9 Å². The van der Waals surface area contributed by atoms with E-state index in [0.717, 1.165) is 24.0 Å². The Kier molecular flexibility index (Phi) is 7.67. The van der Waals surface area contributed by atoms with Crippen molar-refractivity contribution in [3.8, 4) is 0 Å². The van der Waals surface area contributed by atoms with Gasteiger partial charge in [0.15, 0.2) is 8.32 Å². The van der Waals surface area contributed by atoms with Crippen LogP contribution in [0.1, 0.15) is 56.1 Å². The molecule has 0 bridgehead atoms. The van der Waals surface area contributed by atoms with Crippen LogP contribution in [0.4, 0.5) is 8.78 Å². The molecule has 0 saturated carbocycles. The Bertz CT molecular complexity index is 558. The number of fused-ring (bicyclic) bond motifs is 1. The second-order valence-corrected chi connectivity index (χ2v) is 12.6. The van der Waals surface area contributed by atoms with Crippen LogP contribution in [0.15, 0.2) is 18.2 Å². The van der Waals surface area contributed by atoms with Crippen molar-refractivity contribution in [3.05, 3.63) is 34.9 Å². The van der Waals surface area contributed by atoms with E-state index in [1.165, 1.54) is 7.11 Å². The van der Waals surface area contributed by atoms with Gasteiger partial charge in [-0.3, -0.25) is 0 Å². The molecule has 2 rings (SSSR count). The van der Waals surface area contributed by atoms with Gasteiger partial charge in [-0.25, -0.2) is 8.78 Å². The number of alkyl halides is 2. The van der Waals surface area contributed by atoms with Crippen LogP contribution in [0.2, 0.25) is 18.1 Å². The number of ether oxygens (including phenoxy) is 1. The van der Waals surface area contributed by atoms with Gasteiger partial charge in [-0.1, -0.05) is 39.0 Å². The average molecular weight is 366 g/mol. The number of methoxy groups -OCH3 is 1. The molecule has 0 N–H and O–H groups in total. The molecule has 6 heteroatoms. The van der Waals surface area contributed by atoms with Crippen molar-refractivity contribution >= 4 is 37.9 Å². The van der Waals surface area contributed by atoms with Crippen LogP contribution in [0.25, 0.3) is 0 Å². The zero-order valence-corrected chi connectivity index (χ0v) is 16.0. The molecule has 2 nitrogen and oxygen atoms in total. The van der Waals surface area contributed by atoms with Crippen molar-refractivity contribution in [1.82, 2.24) is 0 Å². The maximum atomic E-state index is 13.2. The minimum atomic E-state index is -2.52. The van der Waals surface area contributed by atoms with Crippen LogP contribution in [-0.2, 0) is 15.6 Å². The summed E-state index contributed by atoms with van der Waals surface area (Å²) < 4.78 is 38.0. The molecule has 132 valence electrons. The molecule has 0 fully saturated rings. The molecule has 0 spiro atoms. The van der Waals surface area contributed by atoms with Crippen LogP contribution in [0.5, 0.6) is 0 Å². The van der Waals surface area contributed by atoms with Gasteiger partial charge in [0.25, 0.3) is 6.43 Å². The summed E-state index contributed by atoms with van der Waals surface area (Å²) in [4.78, 5) is 0. The van der Waals surface area contributed by atoms with Gasteiger partial charge in [0.05, 0.1) is 6.10 Å². The molecule has 1 aromatic carbocycles. The van der Waals surface area contributed by atoms with E-state index in [4.69, 9.17) is 9.16 Å². The summed E-state index contributed by atoms with van der Waals surface area (Å²) in [7, 11) is -0.550. The van der Waals surface area contributed by atoms with E-state index < -0.39 is 20.8 Å². The van der Waals surface area contributed by atoms with Crippen LogP contribution in [0.3, 0.4) is 0 Å². The van der Waals surface area contributed by atoms with E-state index >= 15 is 0 Å². The molecule has 1 aliphatic rings. The summed E-state index contributed by atoms with van der Waals surface area (Å²) in [5, 5.41) is 0.130.